The Labute approximate surface area is 209 Å². The molecule has 2 aromatic rings. The maximum atomic E-state index is 13.5. The monoisotopic (exact) mass is 503 g/mol. The van der Waals surface area contributed by atoms with Crippen molar-refractivity contribution in [2.75, 3.05) is 23.7 Å². The summed E-state index contributed by atoms with van der Waals surface area (Å²) in [5, 5.41) is 2.90. The number of rotatable bonds is 10. The minimum atomic E-state index is -3.78. The molecule has 0 fully saturated rings. The first kappa shape index (κ1) is 28.2. The van der Waals surface area contributed by atoms with Gasteiger partial charge in [0.15, 0.2) is 0 Å². The predicted octanol–water partition coefficient (Wildman–Crippen LogP) is 3.49. The molecule has 8 nitrogen and oxygen atoms in total. The van der Waals surface area contributed by atoms with Gasteiger partial charge in [0, 0.05) is 12.1 Å². The maximum Gasteiger partial charge on any atom is 0.244 e. The summed E-state index contributed by atoms with van der Waals surface area (Å²) in [5.74, 6) is -0.198. The highest BCUT2D eigenvalue weighted by Crippen LogP contribution is 2.22. The summed E-state index contributed by atoms with van der Waals surface area (Å²) in [6, 6.07) is 13.3. The molecular formula is C26H37N3O5S. The summed E-state index contributed by atoms with van der Waals surface area (Å²) in [6.45, 7) is 11.3. The molecule has 0 aromatic heterocycles. The van der Waals surface area contributed by atoms with Gasteiger partial charge in [-0.3, -0.25) is 13.9 Å². The lowest BCUT2D eigenvalue weighted by molar-refractivity contribution is -0.140. The fraction of sp³-hybridized carbons (Fsp3) is 0.462. The number of carbonyl (C=O) groups excluding carboxylic acids is 2. The summed E-state index contributed by atoms with van der Waals surface area (Å²) in [5.41, 5.74) is 1.77. The number of nitrogens with zero attached hydrogens (tertiary/aromatic N) is 2. The molecule has 0 aliphatic carbocycles. The summed E-state index contributed by atoms with van der Waals surface area (Å²) < 4.78 is 31.7. The van der Waals surface area contributed by atoms with Crippen LogP contribution >= 0.6 is 0 Å². The molecule has 1 unspecified atom stereocenters. The molecule has 0 saturated carbocycles. The molecule has 0 heterocycles. The molecule has 0 radical (unpaired) electrons. The Morgan fingerprint density at radius 1 is 1.03 bits per heavy atom. The van der Waals surface area contributed by atoms with Gasteiger partial charge < -0.3 is 15.0 Å². The Kier molecular flexibility index (Phi) is 9.31. The topological polar surface area (TPSA) is 96.0 Å². The quantitative estimate of drug-likeness (QED) is 0.535. The van der Waals surface area contributed by atoms with Gasteiger partial charge in [-0.25, -0.2) is 8.42 Å². The molecule has 2 amide bonds. The standard InChI is InChI=1S/C26H37N3O5S/c1-8-34-23-15-13-22(14-16-23)29(35(7,32)33)18-24(30)28(17-21-11-9-19(2)10-12-21)20(3)25(31)27-26(4,5)6/h9-16,20H,8,17-18H2,1-7H3,(H,27,31). The Morgan fingerprint density at radius 3 is 2.09 bits per heavy atom. The van der Waals surface area contributed by atoms with Gasteiger partial charge in [-0.05, 0) is 71.4 Å². The molecule has 0 bridgehead atoms. The Hall–Kier alpha value is -3.07. The van der Waals surface area contributed by atoms with Crippen LogP contribution in [0, 0.1) is 6.92 Å². The second kappa shape index (κ2) is 11.6. The molecule has 1 atom stereocenters. The normalized spacial score (nSPS) is 12.5. The summed E-state index contributed by atoms with van der Waals surface area (Å²) >= 11 is 0. The van der Waals surface area contributed by atoms with Crippen molar-refractivity contribution < 1.29 is 22.7 Å². The van der Waals surface area contributed by atoms with Crippen LogP contribution in [-0.4, -0.2) is 56.1 Å². The fourth-order valence-corrected chi connectivity index (χ4v) is 4.29. The fourth-order valence-electron chi connectivity index (χ4n) is 3.44. The average molecular weight is 504 g/mol. The van der Waals surface area contributed by atoms with E-state index in [4.69, 9.17) is 4.74 Å². The minimum absolute atomic E-state index is 0.165. The number of aryl methyl sites for hydroxylation is 1. The maximum absolute atomic E-state index is 13.5. The molecule has 9 heteroatoms. The van der Waals surface area contributed by atoms with Crippen LogP contribution in [-0.2, 0) is 26.2 Å². The van der Waals surface area contributed by atoms with E-state index in [1.54, 1.807) is 31.2 Å². The van der Waals surface area contributed by atoms with E-state index >= 15 is 0 Å². The van der Waals surface area contributed by atoms with Crippen LogP contribution in [0.2, 0.25) is 0 Å². The highest BCUT2D eigenvalue weighted by molar-refractivity contribution is 7.92. The largest absolute Gasteiger partial charge is 0.494 e. The first-order valence-electron chi connectivity index (χ1n) is 11.6. The van der Waals surface area contributed by atoms with Crippen LogP contribution < -0.4 is 14.4 Å². The molecular weight excluding hydrogens is 466 g/mol. The van der Waals surface area contributed by atoms with Gasteiger partial charge in [-0.15, -0.1) is 0 Å². The molecule has 1 N–H and O–H groups in total. The highest BCUT2D eigenvalue weighted by Gasteiger charge is 2.31. The lowest BCUT2D eigenvalue weighted by Gasteiger charge is -2.33. The van der Waals surface area contributed by atoms with Crippen molar-refractivity contribution in [3.8, 4) is 5.75 Å². The van der Waals surface area contributed by atoms with Crippen LogP contribution in [0.3, 0.4) is 0 Å². The molecule has 2 aromatic carbocycles. The van der Waals surface area contributed by atoms with E-state index in [-0.39, 0.29) is 12.5 Å². The van der Waals surface area contributed by atoms with Gasteiger partial charge in [0.1, 0.15) is 18.3 Å². The van der Waals surface area contributed by atoms with E-state index < -0.39 is 34.1 Å². The average Bonchev–Trinajstić information content (AvgIpc) is 2.75. The smallest absolute Gasteiger partial charge is 0.244 e. The number of anilines is 1. The molecule has 0 aliphatic rings. The van der Waals surface area contributed by atoms with E-state index in [9.17, 15) is 18.0 Å². The minimum Gasteiger partial charge on any atom is -0.494 e. The molecule has 0 aliphatic heterocycles. The lowest BCUT2D eigenvalue weighted by atomic mass is 10.1. The SMILES string of the molecule is CCOc1ccc(N(CC(=O)N(Cc2ccc(C)cc2)C(C)C(=O)NC(C)(C)C)S(C)(=O)=O)cc1. The second-order valence-corrected chi connectivity index (χ2v) is 11.5. The second-order valence-electron chi connectivity index (χ2n) is 9.62. The van der Waals surface area contributed by atoms with Crippen molar-refractivity contribution in [3.05, 3.63) is 59.7 Å². The molecule has 192 valence electrons. The van der Waals surface area contributed by atoms with Crippen molar-refractivity contribution in [1.82, 2.24) is 10.2 Å². The van der Waals surface area contributed by atoms with Crippen LogP contribution in [0.5, 0.6) is 5.75 Å². The van der Waals surface area contributed by atoms with Gasteiger partial charge >= 0.3 is 0 Å². The van der Waals surface area contributed by atoms with Crippen molar-refractivity contribution in [1.29, 1.82) is 0 Å². The third-order valence-corrected chi connectivity index (χ3v) is 6.39. The van der Waals surface area contributed by atoms with Gasteiger partial charge in [-0.1, -0.05) is 29.8 Å². The number of amides is 2. The number of carbonyl (C=O) groups is 2. The van der Waals surface area contributed by atoms with E-state index in [1.165, 1.54) is 4.90 Å². The Morgan fingerprint density at radius 2 is 1.60 bits per heavy atom. The zero-order valence-electron chi connectivity index (χ0n) is 21.7. The van der Waals surface area contributed by atoms with Gasteiger partial charge in [0.25, 0.3) is 0 Å². The van der Waals surface area contributed by atoms with Crippen LogP contribution in [0.4, 0.5) is 5.69 Å². The van der Waals surface area contributed by atoms with Gasteiger partial charge in [0.2, 0.25) is 21.8 Å². The number of benzene rings is 2. The molecule has 35 heavy (non-hydrogen) atoms. The summed E-state index contributed by atoms with van der Waals surface area (Å²) in [7, 11) is -3.78. The number of ether oxygens (including phenoxy) is 1. The first-order valence-corrected chi connectivity index (χ1v) is 13.4. The summed E-state index contributed by atoms with van der Waals surface area (Å²) in [6.07, 6.45) is 1.05. The van der Waals surface area contributed by atoms with Crippen LogP contribution in [0.1, 0.15) is 45.7 Å². The number of hydrogen-bond donors (Lipinski definition) is 1. The zero-order valence-corrected chi connectivity index (χ0v) is 22.5. The number of sulfonamides is 1. The lowest BCUT2D eigenvalue weighted by Crippen LogP contribution is -2.54. The third-order valence-electron chi connectivity index (χ3n) is 5.25. The highest BCUT2D eigenvalue weighted by atomic mass is 32.2. The van der Waals surface area contributed by atoms with Crippen molar-refractivity contribution >= 4 is 27.5 Å². The van der Waals surface area contributed by atoms with Gasteiger partial charge in [0.05, 0.1) is 18.6 Å². The van der Waals surface area contributed by atoms with Crippen LogP contribution in [0.15, 0.2) is 48.5 Å². The van der Waals surface area contributed by atoms with Crippen LogP contribution in [0.25, 0.3) is 0 Å². The predicted molar refractivity (Wildman–Crippen MR) is 139 cm³/mol. The molecule has 2 rings (SSSR count). The number of nitrogens with one attached hydrogen (secondary N) is 1. The van der Waals surface area contributed by atoms with Crippen molar-refractivity contribution in [2.45, 2.75) is 59.7 Å². The number of hydrogen-bond acceptors (Lipinski definition) is 5. The van der Waals surface area contributed by atoms with E-state index in [2.05, 4.69) is 5.32 Å². The van der Waals surface area contributed by atoms with E-state index in [0.29, 0.717) is 18.0 Å². The third kappa shape index (κ3) is 8.58. The zero-order chi connectivity index (χ0) is 26.4. The van der Waals surface area contributed by atoms with Crippen molar-refractivity contribution in [3.63, 3.8) is 0 Å². The van der Waals surface area contributed by atoms with E-state index in [1.807, 2.05) is 58.9 Å². The first-order chi connectivity index (χ1) is 16.2. The molecule has 0 saturated heterocycles. The molecule has 0 spiro atoms. The van der Waals surface area contributed by atoms with Crippen molar-refractivity contribution in [2.24, 2.45) is 0 Å². The Bertz CT molecular complexity index is 1110. The Balaban J connectivity index is 2.37. The van der Waals surface area contributed by atoms with Gasteiger partial charge in [-0.2, -0.15) is 0 Å². The van der Waals surface area contributed by atoms with E-state index in [0.717, 1.165) is 21.7 Å². The summed E-state index contributed by atoms with van der Waals surface area (Å²) in [4.78, 5) is 27.9.